The number of nitrogens with two attached hydrogens (primary N) is 1. The lowest BCUT2D eigenvalue weighted by Gasteiger charge is -2.18. The molecule has 2 aromatic carbocycles. The first-order valence-corrected chi connectivity index (χ1v) is 11.1. The Kier molecular flexibility index (Phi) is 5.13. The molecule has 0 saturated heterocycles. The molecule has 3 N–H and O–H groups in total. The molecule has 0 fully saturated rings. The lowest BCUT2D eigenvalue weighted by Crippen LogP contribution is -2.31. The van der Waals surface area contributed by atoms with E-state index in [2.05, 4.69) is 33.8 Å². The first kappa shape index (κ1) is 20.2. The van der Waals surface area contributed by atoms with Crippen molar-refractivity contribution in [2.45, 2.75) is 6.54 Å². The topological polar surface area (TPSA) is 108 Å². The zero-order valence-corrected chi connectivity index (χ0v) is 18.3. The second kappa shape index (κ2) is 8.11. The number of H-pyrrole nitrogens is 1. The summed E-state index contributed by atoms with van der Waals surface area (Å²) in [7, 11) is 1.55. The third kappa shape index (κ3) is 3.32. The van der Waals surface area contributed by atoms with Crippen molar-refractivity contribution in [3.05, 3.63) is 58.3 Å². The number of nitriles is 1. The molecule has 32 heavy (non-hydrogen) atoms. The summed E-state index contributed by atoms with van der Waals surface area (Å²) < 4.78 is 5.12. The number of nitrogens with zero attached hydrogens (tertiary/aromatic N) is 3. The van der Waals surface area contributed by atoms with Crippen molar-refractivity contribution in [3.63, 3.8) is 0 Å². The minimum Gasteiger partial charge on any atom is -0.398 e. The van der Waals surface area contributed by atoms with Gasteiger partial charge in [0, 0.05) is 42.2 Å². The summed E-state index contributed by atoms with van der Waals surface area (Å²) in [6.07, 6.45) is 0. The summed E-state index contributed by atoms with van der Waals surface area (Å²) >= 11 is 1.63. The molecule has 0 bridgehead atoms. The molecule has 0 spiro atoms. The summed E-state index contributed by atoms with van der Waals surface area (Å²) in [5, 5.41) is 22.1. The Bertz CT molecular complexity index is 1350. The van der Waals surface area contributed by atoms with Gasteiger partial charge in [-0.1, -0.05) is 12.1 Å². The zero-order valence-electron chi connectivity index (χ0n) is 17.5. The molecule has 8 heteroatoms. The Labute approximate surface area is 189 Å². The third-order valence-electron chi connectivity index (χ3n) is 5.85. The van der Waals surface area contributed by atoms with E-state index in [1.165, 1.54) is 0 Å². The van der Waals surface area contributed by atoms with Gasteiger partial charge in [0.15, 0.2) is 0 Å². The van der Waals surface area contributed by atoms with Gasteiger partial charge in [-0.2, -0.15) is 21.7 Å². The number of carbonyl (C=O) groups is 1. The molecule has 0 saturated carbocycles. The second-order valence-electron chi connectivity index (χ2n) is 7.87. The molecule has 1 aliphatic heterocycles. The van der Waals surface area contributed by atoms with Crippen LogP contribution in [-0.4, -0.2) is 41.3 Å². The Morgan fingerprint density at radius 2 is 2.19 bits per heavy atom. The summed E-state index contributed by atoms with van der Waals surface area (Å²) in [4.78, 5) is 14.8. The monoisotopic (exact) mass is 443 g/mol. The standard InChI is InChI=1S/C24H21N5O2S/c1-31-12-14(9-25)10-29-11-19-17(3-4-20(26)22(19)24(29)30)15-2-5-21-18(8-15)23(28-27-21)16-6-7-32-13-16/h2-8,13-14H,10-12,26H2,1H3,(H,27,28). The molecular formula is C24H21N5O2S. The van der Waals surface area contributed by atoms with Crippen molar-refractivity contribution in [2.24, 2.45) is 5.92 Å². The number of aromatic nitrogens is 2. The van der Waals surface area contributed by atoms with Gasteiger partial charge < -0.3 is 15.4 Å². The van der Waals surface area contributed by atoms with Crippen molar-refractivity contribution in [2.75, 3.05) is 26.0 Å². The van der Waals surface area contributed by atoms with Crippen molar-refractivity contribution in [3.8, 4) is 28.5 Å². The van der Waals surface area contributed by atoms with Gasteiger partial charge in [0.25, 0.3) is 5.91 Å². The van der Waals surface area contributed by atoms with E-state index in [4.69, 9.17) is 10.5 Å². The van der Waals surface area contributed by atoms with Crippen LogP contribution in [0.3, 0.4) is 0 Å². The molecule has 0 radical (unpaired) electrons. The highest BCUT2D eigenvalue weighted by Gasteiger charge is 2.33. The number of nitrogens with one attached hydrogen (secondary N) is 1. The minimum atomic E-state index is -0.390. The number of rotatable bonds is 6. The van der Waals surface area contributed by atoms with Gasteiger partial charge in [-0.15, -0.1) is 0 Å². The van der Waals surface area contributed by atoms with Crippen LogP contribution in [0.4, 0.5) is 5.69 Å². The first-order valence-electron chi connectivity index (χ1n) is 10.2. The highest BCUT2D eigenvalue weighted by atomic mass is 32.1. The van der Waals surface area contributed by atoms with E-state index in [-0.39, 0.29) is 12.5 Å². The largest absolute Gasteiger partial charge is 0.398 e. The highest BCUT2D eigenvalue weighted by Crippen LogP contribution is 2.38. The number of nitrogen functional groups attached to an aromatic ring is 1. The normalized spacial score (nSPS) is 14.0. The van der Waals surface area contributed by atoms with Crippen LogP contribution < -0.4 is 5.73 Å². The van der Waals surface area contributed by atoms with Crippen LogP contribution in [0, 0.1) is 17.2 Å². The smallest absolute Gasteiger partial charge is 0.256 e. The molecule has 3 heterocycles. The van der Waals surface area contributed by atoms with Crippen LogP contribution in [0.1, 0.15) is 15.9 Å². The first-order chi connectivity index (χ1) is 15.6. The van der Waals surface area contributed by atoms with Crippen molar-refractivity contribution in [1.29, 1.82) is 5.26 Å². The maximum Gasteiger partial charge on any atom is 0.256 e. The molecule has 1 amide bonds. The van der Waals surface area contributed by atoms with Crippen molar-refractivity contribution in [1.82, 2.24) is 15.1 Å². The van der Waals surface area contributed by atoms with E-state index in [1.54, 1.807) is 29.4 Å². The van der Waals surface area contributed by atoms with E-state index >= 15 is 0 Å². The van der Waals surface area contributed by atoms with Gasteiger partial charge in [0.1, 0.15) is 5.69 Å². The van der Waals surface area contributed by atoms with E-state index in [0.29, 0.717) is 24.3 Å². The predicted octanol–water partition coefficient (Wildman–Crippen LogP) is 4.28. The Balaban J connectivity index is 1.56. The molecule has 2 aromatic heterocycles. The van der Waals surface area contributed by atoms with Crippen molar-refractivity contribution < 1.29 is 9.53 Å². The number of aromatic amines is 1. The Morgan fingerprint density at radius 1 is 1.31 bits per heavy atom. The van der Waals surface area contributed by atoms with Gasteiger partial charge >= 0.3 is 0 Å². The quantitative estimate of drug-likeness (QED) is 0.432. The molecule has 1 atom stereocenters. The van der Waals surface area contributed by atoms with Crippen LogP contribution in [0.5, 0.6) is 0 Å². The number of benzene rings is 2. The molecule has 1 aliphatic rings. The lowest BCUT2D eigenvalue weighted by atomic mass is 9.94. The molecule has 4 aromatic rings. The Morgan fingerprint density at radius 3 is 2.94 bits per heavy atom. The maximum atomic E-state index is 13.1. The van der Waals surface area contributed by atoms with Crippen LogP contribution in [0.15, 0.2) is 47.2 Å². The highest BCUT2D eigenvalue weighted by molar-refractivity contribution is 7.08. The fourth-order valence-corrected chi connectivity index (χ4v) is 4.96. The van der Waals surface area contributed by atoms with Gasteiger partial charge in [0.2, 0.25) is 0 Å². The summed E-state index contributed by atoms with van der Waals surface area (Å²) in [5.74, 6) is -0.530. The van der Waals surface area contributed by atoms with Crippen LogP contribution >= 0.6 is 11.3 Å². The molecule has 7 nitrogen and oxygen atoms in total. The maximum absolute atomic E-state index is 13.1. The number of carbonyl (C=O) groups excluding carboxylic acids is 1. The second-order valence-corrected chi connectivity index (χ2v) is 8.65. The molecular weight excluding hydrogens is 422 g/mol. The zero-order chi connectivity index (χ0) is 22.2. The predicted molar refractivity (Wildman–Crippen MR) is 125 cm³/mol. The number of anilines is 1. The molecule has 160 valence electrons. The number of hydrogen-bond donors (Lipinski definition) is 2. The average Bonchev–Trinajstić information content (AvgIpc) is 3.53. The van der Waals surface area contributed by atoms with Gasteiger partial charge in [-0.25, -0.2) is 0 Å². The third-order valence-corrected chi connectivity index (χ3v) is 6.54. The number of fused-ring (bicyclic) bond motifs is 2. The number of ether oxygens (including phenoxy) is 1. The molecule has 0 aliphatic carbocycles. The van der Waals surface area contributed by atoms with E-state index in [9.17, 15) is 10.1 Å². The fraction of sp³-hybridized carbons (Fsp3) is 0.208. The van der Waals surface area contributed by atoms with Gasteiger partial charge in [0.05, 0.1) is 29.7 Å². The summed E-state index contributed by atoms with van der Waals surface area (Å²) in [6.45, 7) is 0.999. The van der Waals surface area contributed by atoms with Crippen LogP contribution in [-0.2, 0) is 11.3 Å². The molecule has 1 unspecified atom stereocenters. The number of methoxy groups -OCH3 is 1. The lowest BCUT2D eigenvalue weighted by molar-refractivity contribution is 0.0732. The number of amides is 1. The summed E-state index contributed by atoms with van der Waals surface area (Å²) in [6, 6.07) is 14.2. The number of hydrogen-bond acceptors (Lipinski definition) is 6. The average molecular weight is 444 g/mol. The number of thiophene rings is 1. The Hall–Kier alpha value is -3.67. The van der Waals surface area contributed by atoms with E-state index in [1.807, 2.05) is 23.6 Å². The summed E-state index contributed by atoms with van der Waals surface area (Å²) in [5.41, 5.74) is 13.0. The minimum absolute atomic E-state index is 0.140. The van der Waals surface area contributed by atoms with Gasteiger partial charge in [-0.3, -0.25) is 9.89 Å². The fourth-order valence-electron chi connectivity index (χ4n) is 4.32. The molecule has 5 rings (SSSR count). The van der Waals surface area contributed by atoms with Crippen molar-refractivity contribution >= 4 is 33.8 Å². The SMILES string of the molecule is COCC(C#N)CN1Cc2c(-c3ccc4[nH]nc(-c5ccsc5)c4c3)ccc(N)c2C1=O. The van der Waals surface area contributed by atoms with Gasteiger partial charge in [-0.05, 0) is 46.3 Å². The van der Waals surface area contributed by atoms with E-state index in [0.717, 1.165) is 38.9 Å². The van der Waals surface area contributed by atoms with Crippen LogP contribution in [0.2, 0.25) is 0 Å². The van der Waals surface area contributed by atoms with Crippen LogP contribution in [0.25, 0.3) is 33.3 Å². The van der Waals surface area contributed by atoms with E-state index < -0.39 is 5.92 Å².